The third kappa shape index (κ3) is 2.43. The molecule has 104 valence electrons. The standard InChI is InChI=1S/C17H16N4/c1-11-4-2-3-5-13(11)16-14(7-9-21-17(16)19)12-6-8-20-15(18)10-12/h2-10H,1H3,(H2,18,20)(H2,19,21). The second-order valence-corrected chi connectivity index (χ2v) is 4.90. The van der Waals surface area contributed by atoms with Crippen LogP contribution in [0.3, 0.4) is 0 Å². The van der Waals surface area contributed by atoms with E-state index in [-0.39, 0.29) is 0 Å². The smallest absolute Gasteiger partial charge is 0.131 e. The van der Waals surface area contributed by atoms with Crippen molar-refractivity contribution >= 4 is 11.6 Å². The van der Waals surface area contributed by atoms with Crippen LogP contribution in [-0.4, -0.2) is 9.97 Å². The van der Waals surface area contributed by atoms with Crippen LogP contribution in [0.5, 0.6) is 0 Å². The Hall–Kier alpha value is -2.88. The van der Waals surface area contributed by atoms with Gasteiger partial charge in [0.25, 0.3) is 0 Å². The van der Waals surface area contributed by atoms with E-state index >= 15 is 0 Å². The number of nitrogens with two attached hydrogens (primary N) is 2. The molecule has 4 heteroatoms. The summed E-state index contributed by atoms with van der Waals surface area (Å²) >= 11 is 0. The van der Waals surface area contributed by atoms with Crippen molar-refractivity contribution in [2.45, 2.75) is 6.92 Å². The van der Waals surface area contributed by atoms with Gasteiger partial charge in [-0.15, -0.1) is 0 Å². The first-order valence-corrected chi connectivity index (χ1v) is 6.69. The average molecular weight is 276 g/mol. The second kappa shape index (κ2) is 5.25. The van der Waals surface area contributed by atoms with Crippen LogP contribution >= 0.6 is 0 Å². The van der Waals surface area contributed by atoms with E-state index < -0.39 is 0 Å². The lowest BCUT2D eigenvalue weighted by Gasteiger charge is -2.14. The van der Waals surface area contributed by atoms with Crippen LogP contribution in [0.2, 0.25) is 0 Å². The fourth-order valence-electron chi connectivity index (χ4n) is 2.47. The van der Waals surface area contributed by atoms with Gasteiger partial charge in [-0.3, -0.25) is 0 Å². The summed E-state index contributed by atoms with van der Waals surface area (Å²) in [5.41, 5.74) is 17.1. The molecule has 4 N–H and O–H groups in total. The molecule has 0 atom stereocenters. The van der Waals surface area contributed by atoms with E-state index in [1.807, 2.05) is 30.3 Å². The molecule has 1 aromatic carbocycles. The van der Waals surface area contributed by atoms with E-state index in [2.05, 4.69) is 29.0 Å². The van der Waals surface area contributed by atoms with Crippen molar-refractivity contribution in [3.05, 3.63) is 60.4 Å². The fraction of sp³-hybridized carbons (Fsp3) is 0.0588. The predicted octanol–water partition coefficient (Wildman–Crippen LogP) is 3.28. The van der Waals surface area contributed by atoms with Gasteiger partial charge in [0.1, 0.15) is 11.6 Å². The van der Waals surface area contributed by atoms with Gasteiger partial charge in [-0.1, -0.05) is 24.3 Å². The molecule has 0 aliphatic heterocycles. The molecule has 2 aromatic heterocycles. The monoisotopic (exact) mass is 276 g/mol. The van der Waals surface area contributed by atoms with Crippen molar-refractivity contribution in [2.24, 2.45) is 0 Å². The van der Waals surface area contributed by atoms with Crippen LogP contribution in [0.1, 0.15) is 5.56 Å². The highest BCUT2D eigenvalue weighted by Crippen LogP contribution is 2.36. The maximum Gasteiger partial charge on any atom is 0.131 e. The van der Waals surface area contributed by atoms with Gasteiger partial charge < -0.3 is 11.5 Å². The second-order valence-electron chi connectivity index (χ2n) is 4.90. The topological polar surface area (TPSA) is 77.8 Å². The normalized spacial score (nSPS) is 10.5. The molecule has 0 spiro atoms. The van der Waals surface area contributed by atoms with Gasteiger partial charge in [-0.2, -0.15) is 0 Å². The third-order valence-electron chi connectivity index (χ3n) is 3.49. The minimum Gasteiger partial charge on any atom is -0.384 e. The predicted molar refractivity (Wildman–Crippen MR) is 86.5 cm³/mol. The SMILES string of the molecule is Cc1ccccc1-c1c(-c2ccnc(N)c2)ccnc1N. The molecule has 0 radical (unpaired) electrons. The van der Waals surface area contributed by atoms with E-state index in [0.717, 1.165) is 27.8 Å². The zero-order valence-electron chi connectivity index (χ0n) is 11.7. The molecule has 3 aromatic rings. The molecule has 0 fully saturated rings. The Labute approximate surface area is 123 Å². The molecular weight excluding hydrogens is 260 g/mol. The Morgan fingerprint density at radius 1 is 0.857 bits per heavy atom. The lowest BCUT2D eigenvalue weighted by atomic mass is 9.93. The summed E-state index contributed by atoms with van der Waals surface area (Å²) in [6.45, 7) is 2.06. The van der Waals surface area contributed by atoms with Crippen LogP contribution in [0.15, 0.2) is 54.9 Å². The Morgan fingerprint density at radius 2 is 1.62 bits per heavy atom. The van der Waals surface area contributed by atoms with Gasteiger partial charge in [0.15, 0.2) is 0 Å². The first kappa shape index (κ1) is 13.1. The molecule has 0 saturated heterocycles. The summed E-state index contributed by atoms with van der Waals surface area (Å²) in [4.78, 5) is 8.27. The van der Waals surface area contributed by atoms with E-state index in [9.17, 15) is 0 Å². The summed E-state index contributed by atoms with van der Waals surface area (Å²) < 4.78 is 0. The lowest BCUT2D eigenvalue weighted by Crippen LogP contribution is -1.98. The van der Waals surface area contributed by atoms with Gasteiger partial charge in [0.2, 0.25) is 0 Å². The van der Waals surface area contributed by atoms with Crippen molar-refractivity contribution in [3.63, 3.8) is 0 Å². The highest BCUT2D eigenvalue weighted by molar-refractivity contribution is 5.90. The molecule has 4 nitrogen and oxygen atoms in total. The zero-order valence-corrected chi connectivity index (χ0v) is 11.7. The molecule has 0 aliphatic carbocycles. The number of rotatable bonds is 2. The van der Waals surface area contributed by atoms with Crippen LogP contribution in [0, 0.1) is 6.92 Å². The summed E-state index contributed by atoms with van der Waals surface area (Å²) in [6.07, 6.45) is 3.41. The Morgan fingerprint density at radius 3 is 2.38 bits per heavy atom. The third-order valence-corrected chi connectivity index (χ3v) is 3.49. The average Bonchev–Trinajstić information content (AvgIpc) is 2.48. The number of aromatic nitrogens is 2. The fourth-order valence-corrected chi connectivity index (χ4v) is 2.47. The largest absolute Gasteiger partial charge is 0.384 e. The maximum absolute atomic E-state index is 6.14. The molecule has 0 unspecified atom stereocenters. The van der Waals surface area contributed by atoms with Crippen molar-refractivity contribution in [3.8, 4) is 22.3 Å². The van der Waals surface area contributed by atoms with Gasteiger partial charge in [0, 0.05) is 18.0 Å². The number of hydrogen-bond acceptors (Lipinski definition) is 4. The Bertz CT molecular complexity index is 796. The number of pyridine rings is 2. The number of nitrogen functional groups attached to an aromatic ring is 2. The summed E-state index contributed by atoms with van der Waals surface area (Å²) in [5.74, 6) is 0.996. The highest BCUT2D eigenvalue weighted by Gasteiger charge is 2.13. The number of nitrogens with zero attached hydrogens (tertiary/aromatic N) is 2. The van der Waals surface area contributed by atoms with Crippen LogP contribution < -0.4 is 11.5 Å². The molecule has 0 saturated carbocycles. The molecule has 3 rings (SSSR count). The Kier molecular flexibility index (Phi) is 3.28. The quantitative estimate of drug-likeness (QED) is 0.753. The number of anilines is 2. The van der Waals surface area contributed by atoms with Crippen molar-refractivity contribution in [1.82, 2.24) is 9.97 Å². The van der Waals surface area contributed by atoms with Crippen molar-refractivity contribution < 1.29 is 0 Å². The van der Waals surface area contributed by atoms with Crippen LogP contribution in [-0.2, 0) is 0 Å². The first-order valence-electron chi connectivity index (χ1n) is 6.69. The van der Waals surface area contributed by atoms with Gasteiger partial charge in [0.05, 0.1) is 0 Å². The van der Waals surface area contributed by atoms with Gasteiger partial charge in [-0.05, 0) is 47.4 Å². The molecule has 0 amide bonds. The summed E-state index contributed by atoms with van der Waals surface area (Å²) in [6, 6.07) is 13.8. The lowest BCUT2D eigenvalue weighted by molar-refractivity contribution is 1.31. The highest BCUT2D eigenvalue weighted by atomic mass is 14.8. The minimum absolute atomic E-state index is 0.485. The first-order chi connectivity index (χ1) is 10.2. The summed E-state index contributed by atoms with van der Waals surface area (Å²) in [5, 5.41) is 0. The zero-order chi connectivity index (χ0) is 14.8. The van der Waals surface area contributed by atoms with E-state index in [1.54, 1.807) is 12.4 Å². The molecule has 0 bridgehead atoms. The van der Waals surface area contributed by atoms with Gasteiger partial charge in [-0.25, -0.2) is 9.97 Å². The number of aryl methyl sites for hydroxylation is 1. The molecule has 21 heavy (non-hydrogen) atoms. The van der Waals surface area contributed by atoms with Crippen LogP contribution in [0.4, 0.5) is 11.6 Å². The number of benzene rings is 1. The number of hydrogen-bond donors (Lipinski definition) is 2. The van der Waals surface area contributed by atoms with Crippen molar-refractivity contribution in [1.29, 1.82) is 0 Å². The molecule has 0 aliphatic rings. The van der Waals surface area contributed by atoms with Crippen LogP contribution in [0.25, 0.3) is 22.3 Å². The Balaban J connectivity index is 2.29. The van der Waals surface area contributed by atoms with E-state index in [1.165, 1.54) is 0 Å². The van der Waals surface area contributed by atoms with Crippen molar-refractivity contribution in [2.75, 3.05) is 11.5 Å². The molecule has 2 heterocycles. The minimum atomic E-state index is 0.485. The molecular formula is C17H16N4. The summed E-state index contributed by atoms with van der Waals surface area (Å²) in [7, 11) is 0. The van der Waals surface area contributed by atoms with E-state index in [4.69, 9.17) is 11.5 Å². The van der Waals surface area contributed by atoms with Gasteiger partial charge >= 0.3 is 0 Å². The van der Waals surface area contributed by atoms with E-state index in [0.29, 0.717) is 11.6 Å². The maximum atomic E-state index is 6.14.